The number of aromatic nitrogens is 3. The van der Waals surface area contributed by atoms with Crippen LogP contribution in [0, 0.1) is 0 Å². The van der Waals surface area contributed by atoms with E-state index in [1.54, 1.807) is 0 Å². The molecule has 0 saturated heterocycles. The van der Waals surface area contributed by atoms with Crippen molar-refractivity contribution in [2.24, 2.45) is 0 Å². The molecule has 0 amide bonds. The van der Waals surface area contributed by atoms with E-state index in [0.29, 0.717) is 5.82 Å². The van der Waals surface area contributed by atoms with Crippen LogP contribution in [0.5, 0.6) is 0 Å². The van der Waals surface area contributed by atoms with Gasteiger partial charge in [-0.05, 0) is 53.2 Å². The Morgan fingerprint density at radius 3 is 1.73 bits per heavy atom. The number of rotatable bonds is 4. The molecule has 0 N–H and O–H groups in total. The van der Waals surface area contributed by atoms with Crippen molar-refractivity contribution < 1.29 is 0 Å². The Hall–Kier alpha value is -5.54. The standard InChI is InChI=1S/C38H25N3/c1-2-12-27(13-3-1)34-25-35(31-18-10-14-26-11-4-5-15-30(26)31)40-38(39-34)28-21-23-29(24-22-28)41-36-19-8-6-16-32(36)33-17-7-9-20-37(33)41/h1-25H. The lowest BCUT2D eigenvalue weighted by molar-refractivity contribution is 1.16. The monoisotopic (exact) mass is 523 g/mol. The minimum Gasteiger partial charge on any atom is -0.309 e. The van der Waals surface area contributed by atoms with E-state index in [1.807, 2.05) is 6.07 Å². The van der Waals surface area contributed by atoms with Gasteiger partial charge in [0, 0.05) is 33.2 Å². The third kappa shape index (κ3) is 3.98. The molecule has 0 bridgehead atoms. The summed E-state index contributed by atoms with van der Waals surface area (Å²) < 4.78 is 2.33. The molecule has 192 valence electrons. The Labute approximate surface area is 238 Å². The third-order valence-corrected chi connectivity index (χ3v) is 7.83. The molecular weight excluding hydrogens is 498 g/mol. The molecule has 3 nitrogen and oxygen atoms in total. The summed E-state index contributed by atoms with van der Waals surface area (Å²) in [5.74, 6) is 0.711. The number of benzene rings is 6. The van der Waals surface area contributed by atoms with Gasteiger partial charge < -0.3 is 4.57 Å². The summed E-state index contributed by atoms with van der Waals surface area (Å²) in [6.07, 6.45) is 0. The van der Waals surface area contributed by atoms with Crippen LogP contribution in [0.25, 0.3) is 72.2 Å². The minimum atomic E-state index is 0.711. The fourth-order valence-electron chi connectivity index (χ4n) is 5.88. The van der Waals surface area contributed by atoms with E-state index in [0.717, 1.165) is 33.8 Å². The van der Waals surface area contributed by atoms with Gasteiger partial charge in [0.2, 0.25) is 0 Å². The van der Waals surface area contributed by atoms with Crippen molar-refractivity contribution in [3.63, 3.8) is 0 Å². The molecule has 41 heavy (non-hydrogen) atoms. The lowest BCUT2D eigenvalue weighted by Gasteiger charge is -2.12. The maximum Gasteiger partial charge on any atom is 0.160 e. The second-order valence-electron chi connectivity index (χ2n) is 10.3. The molecule has 8 rings (SSSR count). The molecule has 0 radical (unpaired) electrons. The van der Waals surface area contributed by atoms with E-state index in [9.17, 15) is 0 Å². The average Bonchev–Trinajstić information content (AvgIpc) is 3.39. The summed E-state index contributed by atoms with van der Waals surface area (Å²) in [6.45, 7) is 0. The zero-order valence-corrected chi connectivity index (χ0v) is 22.3. The second kappa shape index (κ2) is 9.58. The minimum absolute atomic E-state index is 0.711. The van der Waals surface area contributed by atoms with Crippen LogP contribution >= 0.6 is 0 Å². The molecular formula is C38H25N3. The number of para-hydroxylation sites is 2. The first-order valence-corrected chi connectivity index (χ1v) is 13.9. The first-order valence-electron chi connectivity index (χ1n) is 13.9. The van der Waals surface area contributed by atoms with Crippen LogP contribution < -0.4 is 0 Å². The predicted molar refractivity (Wildman–Crippen MR) is 170 cm³/mol. The molecule has 6 aromatic carbocycles. The quantitative estimate of drug-likeness (QED) is 0.230. The van der Waals surface area contributed by atoms with Crippen molar-refractivity contribution >= 4 is 32.6 Å². The van der Waals surface area contributed by atoms with Crippen molar-refractivity contribution in [1.29, 1.82) is 0 Å². The lowest BCUT2D eigenvalue weighted by atomic mass is 10.0. The summed E-state index contributed by atoms with van der Waals surface area (Å²) in [5.41, 5.74) is 8.48. The summed E-state index contributed by atoms with van der Waals surface area (Å²) in [5, 5.41) is 4.89. The molecule has 0 fully saturated rings. The maximum atomic E-state index is 5.12. The van der Waals surface area contributed by atoms with Gasteiger partial charge in [0.25, 0.3) is 0 Å². The Balaban J connectivity index is 1.29. The fraction of sp³-hybridized carbons (Fsp3) is 0. The molecule has 2 aromatic heterocycles. The van der Waals surface area contributed by atoms with Crippen LogP contribution in [-0.2, 0) is 0 Å². The summed E-state index contributed by atoms with van der Waals surface area (Å²) in [4.78, 5) is 10.2. The molecule has 0 saturated carbocycles. The number of nitrogens with zero attached hydrogens (tertiary/aromatic N) is 3. The highest BCUT2D eigenvalue weighted by Crippen LogP contribution is 2.34. The van der Waals surface area contributed by atoms with Gasteiger partial charge in [-0.2, -0.15) is 0 Å². The van der Waals surface area contributed by atoms with Crippen LogP contribution in [0.15, 0.2) is 152 Å². The third-order valence-electron chi connectivity index (χ3n) is 7.83. The van der Waals surface area contributed by atoms with Crippen molar-refractivity contribution in [2.75, 3.05) is 0 Å². The van der Waals surface area contributed by atoms with Gasteiger partial charge >= 0.3 is 0 Å². The normalized spacial score (nSPS) is 11.4. The first-order chi connectivity index (χ1) is 20.3. The second-order valence-corrected chi connectivity index (χ2v) is 10.3. The van der Waals surface area contributed by atoms with Crippen LogP contribution in [0.3, 0.4) is 0 Å². The summed E-state index contributed by atoms with van der Waals surface area (Å²) >= 11 is 0. The zero-order chi connectivity index (χ0) is 27.2. The Morgan fingerprint density at radius 2 is 1.00 bits per heavy atom. The van der Waals surface area contributed by atoms with Crippen molar-refractivity contribution in [3.05, 3.63) is 152 Å². The molecule has 8 aromatic rings. The largest absolute Gasteiger partial charge is 0.309 e. The van der Waals surface area contributed by atoms with E-state index < -0.39 is 0 Å². The van der Waals surface area contributed by atoms with Gasteiger partial charge in [0.1, 0.15) is 0 Å². The molecule has 0 atom stereocenters. The van der Waals surface area contributed by atoms with Crippen LogP contribution in [0.4, 0.5) is 0 Å². The first kappa shape index (κ1) is 23.4. The SMILES string of the molecule is c1ccc(-c2cc(-c3cccc4ccccc34)nc(-c3ccc(-n4c5ccccc5c5ccccc54)cc3)n2)cc1. The molecule has 0 unspecified atom stereocenters. The predicted octanol–water partition coefficient (Wildman–Crippen LogP) is 9.73. The summed E-state index contributed by atoms with van der Waals surface area (Å²) in [7, 11) is 0. The van der Waals surface area contributed by atoms with Crippen LogP contribution in [0.2, 0.25) is 0 Å². The number of hydrogen-bond donors (Lipinski definition) is 0. The van der Waals surface area contributed by atoms with Gasteiger partial charge in [-0.3, -0.25) is 0 Å². The fourth-order valence-corrected chi connectivity index (χ4v) is 5.88. The van der Waals surface area contributed by atoms with Gasteiger partial charge in [-0.15, -0.1) is 0 Å². The Kier molecular flexibility index (Phi) is 5.46. The van der Waals surface area contributed by atoms with Crippen LogP contribution in [0.1, 0.15) is 0 Å². The van der Waals surface area contributed by atoms with E-state index in [-0.39, 0.29) is 0 Å². The lowest BCUT2D eigenvalue weighted by Crippen LogP contribution is -1.97. The molecule has 3 heteroatoms. The number of fused-ring (bicyclic) bond motifs is 4. The van der Waals surface area contributed by atoms with Gasteiger partial charge in [-0.1, -0.05) is 109 Å². The van der Waals surface area contributed by atoms with Gasteiger partial charge in [0.05, 0.1) is 22.4 Å². The van der Waals surface area contributed by atoms with E-state index in [1.165, 1.54) is 32.6 Å². The topological polar surface area (TPSA) is 30.7 Å². The maximum absolute atomic E-state index is 5.12. The van der Waals surface area contributed by atoms with Crippen molar-refractivity contribution in [3.8, 4) is 39.6 Å². The van der Waals surface area contributed by atoms with Gasteiger partial charge in [0.15, 0.2) is 5.82 Å². The van der Waals surface area contributed by atoms with E-state index in [4.69, 9.17) is 9.97 Å². The molecule has 2 heterocycles. The van der Waals surface area contributed by atoms with Crippen molar-refractivity contribution in [1.82, 2.24) is 14.5 Å². The van der Waals surface area contributed by atoms with E-state index in [2.05, 4.69) is 150 Å². The molecule has 0 spiro atoms. The highest BCUT2D eigenvalue weighted by molar-refractivity contribution is 6.09. The highest BCUT2D eigenvalue weighted by Gasteiger charge is 2.14. The van der Waals surface area contributed by atoms with E-state index >= 15 is 0 Å². The molecule has 0 aliphatic heterocycles. The molecule has 0 aliphatic carbocycles. The zero-order valence-electron chi connectivity index (χ0n) is 22.3. The van der Waals surface area contributed by atoms with Crippen LogP contribution in [-0.4, -0.2) is 14.5 Å². The Bertz CT molecular complexity index is 2130. The van der Waals surface area contributed by atoms with Crippen molar-refractivity contribution in [2.45, 2.75) is 0 Å². The highest BCUT2D eigenvalue weighted by atomic mass is 15.0. The number of hydrogen-bond acceptors (Lipinski definition) is 2. The Morgan fingerprint density at radius 1 is 0.415 bits per heavy atom. The molecule has 0 aliphatic rings. The van der Waals surface area contributed by atoms with Gasteiger partial charge in [-0.25, -0.2) is 9.97 Å². The summed E-state index contributed by atoms with van der Waals surface area (Å²) in [6, 6.07) is 53.1. The smallest absolute Gasteiger partial charge is 0.160 e. The average molecular weight is 524 g/mol.